The number of nitro benzene ring substituents is 1. The van der Waals surface area contributed by atoms with Gasteiger partial charge in [-0.2, -0.15) is 0 Å². The molecule has 1 aromatic carbocycles. The maximum absolute atomic E-state index is 11.6. The van der Waals surface area contributed by atoms with E-state index in [4.69, 9.17) is 0 Å². The molecule has 2 rings (SSSR count). The van der Waals surface area contributed by atoms with E-state index in [1.165, 1.54) is 12.3 Å². The van der Waals surface area contributed by atoms with Crippen molar-refractivity contribution in [2.24, 2.45) is 0 Å². The number of rotatable bonds is 2. The lowest BCUT2D eigenvalue weighted by Crippen LogP contribution is -2.08. The molecule has 0 spiro atoms. The number of nitrogens with one attached hydrogen (secondary N) is 1. The van der Waals surface area contributed by atoms with E-state index in [1.807, 2.05) is 0 Å². The molecule has 0 aliphatic rings. The normalized spacial score (nSPS) is 10.2. The highest BCUT2D eigenvalue weighted by molar-refractivity contribution is 5.70. The number of aromatic nitrogens is 1. The van der Waals surface area contributed by atoms with Crippen molar-refractivity contribution in [3.8, 4) is 11.1 Å². The third kappa shape index (κ3) is 1.94. The Bertz CT molecular complexity index is 632. The largest absolute Gasteiger partial charge is 0.329 e. The number of nitrogens with zero attached hydrogens (tertiary/aromatic N) is 1. The third-order valence-corrected chi connectivity index (χ3v) is 2.61. The molecule has 1 heterocycles. The second-order valence-corrected chi connectivity index (χ2v) is 3.62. The highest BCUT2D eigenvalue weighted by Gasteiger charge is 2.15. The van der Waals surface area contributed by atoms with Crippen molar-refractivity contribution in [3.05, 3.63) is 62.6 Å². The zero-order valence-corrected chi connectivity index (χ0v) is 9.14. The number of hydrogen-bond donors (Lipinski definition) is 1. The SMILES string of the molecule is Cc1c(-c2ccc[nH]c2=O)cccc1[N+](=O)[O-]. The Kier molecular flexibility index (Phi) is 2.74. The average molecular weight is 230 g/mol. The van der Waals surface area contributed by atoms with Crippen molar-refractivity contribution in [2.75, 3.05) is 0 Å². The summed E-state index contributed by atoms with van der Waals surface area (Å²) in [5.74, 6) is 0. The molecule has 0 aliphatic carbocycles. The lowest BCUT2D eigenvalue weighted by Gasteiger charge is -2.05. The second-order valence-electron chi connectivity index (χ2n) is 3.62. The van der Waals surface area contributed by atoms with Gasteiger partial charge in [-0.05, 0) is 24.6 Å². The van der Waals surface area contributed by atoms with Crippen LogP contribution in [0.5, 0.6) is 0 Å². The number of hydrogen-bond acceptors (Lipinski definition) is 3. The fourth-order valence-corrected chi connectivity index (χ4v) is 1.75. The molecular formula is C12H10N2O3. The quantitative estimate of drug-likeness (QED) is 0.635. The van der Waals surface area contributed by atoms with E-state index in [0.29, 0.717) is 16.7 Å². The number of pyridine rings is 1. The molecule has 5 heteroatoms. The van der Waals surface area contributed by atoms with Crippen molar-refractivity contribution in [1.29, 1.82) is 0 Å². The molecule has 1 aromatic heterocycles. The zero-order chi connectivity index (χ0) is 12.4. The van der Waals surface area contributed by atoms with Gasteiger partial charge in [0.1, 0.15) is 0 Å². The Labute approximate surface area is 96.9 Å². The monoisotopic (exact) mass is 230 g/mol. The second kappa shape index (κ2) is 4.21. The Morgan fingerprint density at radius 2 is 1.88 bits per heavy atom. The number of H-pyrrole nitrogens is 1. The van der Waals surface area contributed by atoms with Gasteiger partial charge in [0, 0.05) is 23.4 Å². The summed E-state index contributed by atoms with van der Waals surface area (Å²) in [6.07, 6.45) is 1.53. The van der Waals surface area contributed by atoms with Gasteiger partial charge >= 0.3 is 0 Å². The summed E-state index contributed by atoms with van der Waals surface area (Å²) >= 11 is 0. The lowest BCUT2D eigenvalue weighted by molar-refractivity contribution is -0.385. The fourth-order valence-electron chi connectivity index (χ4n) is 1.75. The van der Waals surface area contributed by atoms with Gasteiger partial charge in [0.2, 0.25) is 0 Å². The minimum Gasteiger partial charge on any atom is -0.329 e. The van der Waals surface area contributed by atoms with Gasteiger partial charge in [-0.3, -0.25) is 14.9 Å². The van der Waals surface area contributed by atoms with Crippen LogP contribution in [0.15, 0.2) is 41.3 Å². The van der Waals surface area contributed by atoms with Crippen molar-refractivity contribution < 1.29 is 4.92 Å². The molecule has 0 unspecified atom stereocenters. The van der Waals surface area contributed by atoms with Crippen molar-refractivity contribution in [1.82, 2.24) is 4.98 Å². The first kappa shape index (κ1) is 11.1. The summed E-state index contributed by atoms with van der Waals surface area (Å²) in [6.45, 7) is 1.64. The van der Waals surface area contributed by atoms with E-state index in [0.717, 1.165) is 0 Å². The van der Waals surface area contributed by atoms with Crippen LogP contribution in [0, 0.1) is 17.0 Å². The summed E-state index contributed by atoms with van der Waals surface area (Å²) in [5.41, 5.74) is 1.28. The van der Waals surface area contributed by atoms with Crippen LogP contribution >= 0.6 is 0 Å². The molecular weight excluding hydrogens is 220 g/mol. The fraction of sp³-hybridized carbons (Fsp3) is 0.0833. The van der Waals surface area contributed by atoms with Crippen molar-refractivity contribution >= 4 is 5.69 Å². The van der Waals surface area contributed by atoms with E-state index in [9.17, 15) is 14.9 Å². The molecule has 5 nitrogen and oxygen atoms in total. The minimum absolute atomic E-state index is 0.0192. The average Bonchev–Trinajstić information content (AvgIpc) is 2.30. The van der Waals surface area contributed by atoms with E-state index in [-0.39, 0.29) is 11.2 Å². The Morgan fingerprint density at radius 3 is 2.53 bits per heavy atom. The van der Waals surface area contributed by atoms with Gasteiger partial charge in [0.15, 0.2) is 0 Å². The van der Waals surface area contributed by atoms with Crippen molar-refractivity contribution in [3.63, 3.8) is 0 Å². The molecule has 86 valence electrons. The smallest absolute Gasteiger partial charge is 0.272 e. The molecule has 0 saturated carbocycles. The highest BCUT2D eigenvalue weighted by atomic mass is 16.6. The van der Waals surface area contributed by atoms with Crippen LogP contribution in [-0.4, -0.2) is 9.91 Å². The van der Waals surface area contributed by atoms with E-state index < -0.39 is 4.92 Å². The molecule has 0 aliphatic heterocycles. The predicted molar refractivity (Wildman–Crippen MR) is 63.9 cm³/mol. The number of nitro groups is 1. The van der Waals surface area contributed by atoms with E-state index in [1.54, 1.807) is 31.2 Å². The summed E-state index contributed by atoms with van der Waals surface area (Å²) in [4.78, 5) is 24.5. The van der Waals surface area contributed by atoms with Gasteiger partial charge < -0.3 is 4.98 Å². The first-order valence-electron chi connectivity index (χ1n) is 5.03. The molecule has 0 bridgehead atoms. The summed E-state index contributed by atoms with van der Waals surface area (Å²) in [7, 11) is 0. The summed E-state index contributed by atoms with van der Waals surface area (Å²) in [5, 5.41) is 10.8. The van der Waals surface area contributed by atoms with Gasteiger partial charge in [-0.1, -0.05) is 12.1 Å². The molecule has 0 amide bonds. The van der Waals surface area contributed by atoms with Crippen LogP contribution in [0.1, 0.15) is 5.56 Å². The van der Waals surface area contributed by atoms with Gasteiger partial charge in [-0.15, -0.1) is 0 Å². The number of benzene rings is 1. The Morgan fingerprint density at radius 1 is 1.18 bits per heavy atom. The van der Waals surface area contributed by atoms with E-state index >= 15 is 0 Å². The lowest BCUT2D eigenvalue weighted by atomic mass is 10.0. The maximum Gasteiger partial charge on any atom is 0.272 e. The van der Waals surface area contributed by atoms with Crippen LogP contribution in [0.4, 0.5) is 5.69 Å². The van der Waals surface area contributed by atoms with Crippen LogP contribution in [0.2, 0.25) is 0 Å². The Balaban J connectivity index is 2.70. The standard InChI is InChI=1S/C12H10N2O3/c1-8-9(4-2-6-11(8)14(16)17)10-5-3-7-13-12(10)15/h2-7H,1H3,(H,13,15). The van der Waals surface area contributed by atoms with Gasteiger partial charge in [-0.25, -0.2) is 0 Å². The molecule has 0 atom stereocenters. The van der Waals surface area contributed by atoms with Crippen LogP contribution in [-0.2, 0) is 0 Å². The number of aromatic amines is 1. The van der Waals surface area contributed by atoms with Crippen molar-refractivity contribution in [2.45, 2.75) is 6.92 Å². The molecule has 17 heavy (non-hydrogen) atoms. The molecule has 2 aromatic rings. The van der Waals surface area contributed by atoms with Crippen LogP contribution in [0.3, 0.4) is 0 Å². The summed E-state index contributed by atoms with van der Waals surface area (Å²) in [6, 6.07) is 8.04. The van der Waals surface area contributed by atoms with Gasteiger partial charge in [0.05, 0.1) is 4.92 Å². The van der Waals surface area contributed by atoms with Crippen LogP contribution < -0.4 is 5.56 Å². The van der Waals surface area contributed by atoms with Crippen LogP contribution in [0.25, 0.3) is 11.1 Å². The predicted octanol–water partition coefficient (Wildman–Crippen LogP) is 2.26. The minimum atomic E-state index is -0.448. The maximum atomic E-state index is 11.6. The third-order valence-electron chi connectivity index (χ3n) is 2.61. The van der Waals surface area contributed by atoms with E-state index in [2.05, 4.69) is 4.98 Å². The molecule has 0 radical (unpaired) electrons. The first-order chi connectivity index (χ1) is 8.11. The molecule has 1 N–H and O–H groups in total. The van der Waals surface area contributed by atoms with Gasteiger partial charge in [0.25, 0.3) is 11.2 Å². The molecule has 0 saturated heterocycles. The Hall–Kier alpha value is -2.43. The highest BCUT2D eigenvalue weighted by Crippen LogP contribution is 2.27. The zero-order valence-electron chi connectivity index (χ0n) is 9.14. The topological polar surface area (TPSA) is 76.0 Å². The summed E-state index contributed by atoms with van der Waals surface area (Å²) < 4.78 is 0. The first-order valence-corrected chi connectivity index (χ1v) is 5.03. The molecule has 0 fully saturated rings.